The zero-order valence-electron chi connectivity index (χ0n) is 13.8. The van der Waals surface area contributed by atoms with Gasteiger partial charge in [-0.25, -0.2) is 4.98 Å². The molecule has 2 N–H and O–H groups in total. The Balaban J connectivity index is 1.38. The second kappa shape index (κ2) is 7.47. The molecule has 4 rings (SSSR count). The van der Waals surface area contributed by atoms with Crippen LogP contribution in [0.3, 0.4) is 0 Å². The first-order valence-electron chi connectivity index (χ1n) is 8.15. The van der Waals surface area contributed by atoms with Crippen LogP contribution in [0.2, 0.25) is 5.02 Å². The lowest BCUT2D eigenvalue weighted by Gasteiger charge is -2.10. The van der Waals surface area contributed by atoms with Gasteiger partial charge in [0.25, 0.3) is 0 Å². The largest absolute Gasteiger partial charge is 0.490 e. The van der Waals surface area contributed by atoms with Gasteiger partial charge in [-0.05, 0) is 30.3 Å². The van der Waals surface area contributed by atoms with Crippen molar-refractivity contribution in [3.8, 4) is 11.5 Å². The molecule has 0 spiro atoms. The fraction of sp³-hybridized carbons (Fsp3) is 0.222. The zero-order valence-corrected chi connectivity index (χ0v) is 15.3. The van der Waals surface area contributed by atoms with E-state index in [0.717, 1.165) is 17.5 Å². The Morgan fingerprint density at radius 2 is 2.04 bits per heavy atom. The summed E-state index contributed by atoms with van der Waals surface area (Å²) in [7, 11) is 0. The number of amides is 1. The predicted octanol–water partition coefficient (Wildman–Crippen LogP) is 4.11. The molecule has 3 aromatic rings. The number of anilines is 1. The number of aromatic nitrogens is 2. The van der Waals surface area contributed by atoms with Crippen LogP contribution < -0.4 is 14.8 Å². The van der Waals surface area contributed by atoms with Crippen molar-refractivity contribution in [3.63, 3.8) is 0 Å². The quantitative estimate of drug-likeness (QED) is 0.657. The van der Waals surface area contributed by atoms with E-state index >= 15 is 0 Å². The SMILES string of the molecule is O=C(CSc1nc2ccc(Cl)cc2[nH]1)Nc1ccc2c(c1)OCCCO2. The Bertz CT molecular complexity index is 960. The smallest absolute Gasteiger partial charge is 0.234 e. The number of H-pyrrole nitrogens is 1. The molecule has 1 aromatic heterocycles. The van der Waals surface area contributed by atoms with Crippen molar-refractivity contribution in [2.24, 2.45) is 0 Å². The molecule has 1 aliphatic heterocycles. The second-order valence-corrected chi connectivity index (χ2v) is 7.15. The molecule has 0 unspecified atom stereocenters. The van der Waals surface area contributed by atoms with Crippen LogP contribution in [0.15, 0.2) is 41.6 Å². The van der Waals surface area contributed by atoms with Gasteiger partial charge < -0.3 is 19.8 Å². The van der Waals surface area contributed by atoms with Crippen molar-refractivity contribution in [2.45, 2.75) is 11.6 Å². The summed E-state index contributed by atoms with van der Waals surface area (Å²) in [6, 6.07) is 10.8. The van der Waals surface area contributed by atoms with Crippen LogP contribution in [-0.2, 0) is 4.79 Å². The van der Waals surface area contributed by atoms with E-state index in [1.165, 1.54) is 11.8 Å². The Hall–Kier alpha value is -2.38. The third-order valence-corrected chi connectivity index (χ3v) is 4.90. The number of aromatic amines is 1. The summed E-state index contributed by atoms with van der Waals surface area (Å²) in [6.45, 7) is 1.24. The average Bonchev–Trinajstić information content (AvgIpc) is 2.88. The molecule has 2 heterocycles. The minimum absolute atomic E-state index is 0.122. The maximum Gasteiger partial charge on any atom is 0.234 e. The summed E-state index contributed by atoms with van der Waals surface area (Å²) in [4.78, 5) is 19.8. The number of fused-ring (bicyclic) bond motifs is 2. The maximum absolute atomic E-state index is 12.2. The van der Waals surface area contributed by atoms with Gasteiger partial charge in [-0.2, -0.15) is 0 Å². The first-order chi connectivity index (χ1) is 12.7. The molecule has 0 atom stereocenters. The molecule has 1 aliphatic rings. The molecular formula is C18H16ClN3O3S. The highest BCUT2D eigenvalue weighted by molar-refractivity contribution is 7.99. The van der Waals surface area contributed by atoms with E-state index < -0.39 is 0 Å². The predicted molar refractivity (Wildman–Crippen MR) is 103 cm³/mol. The minimum atomic E-state index is -0.122. The number of hydrogen-bond acceptors (Lipinski definition) is 5. The van der Waals surface area contributed by atoms with Crippen LogP contribution in [0.25, 0.3) is 11.0 Å². The van der Waals surface area contributed by atoms with E-state index in [1.54, 1.807) is 18.2 Å². The number of halogens is 1. The molecule has 0 radical (unpaired) electrons. The highest BCUT2D eigenvalue weighted by Gasteiger charge is 2.12. The molecule has 0 fully saturated rings. The first-order valence-corrected chi connectivity index (χ1v) is 9.51. The van der Waals surface area contributed by atoms with Crippen LogP contribution in [0.4, 0.5) is 5.69 Å². The third kappa shape index (κ3) is 3.89. The summed E-state index contributed by atoms with van der Waals surface area (Å²) in [5.74, 6) is 1.48. The van der Waals surface area contributed by atoms with Gasteiger partial charge in [0.1, 0.15) is 0 Å². The highest BCUT2D eigenvalue weighted by atomic mass is 35.5. The summed E-state index contributed by atoms with van der Waals surface area (Å²) in [5.41, 5.74) is 2.35. The number of hydrogen-bond donors (Lipinski definition) is 2. The molecule has 0 saturated carbocycles. The van der Waals surface area contributed by atoms with Crippen LogP contribution >= 0.6 is 23.4 Å². The fourth-order valence-electron chi connectivity index (χ4n) is 2.60. The number of benzene rings is 2. The van der Waals surface area contributed by atoms with Gasteiger partial charge in [-0.1, -0.05) is 23.4 Å². The van der Waals surface area contributed by atoms with Crippen LogP contribution in [0.5, 0.6) is 11.5 Å². The lowest BCUT2D eigenvalue weighted by Crippen LogP contribution is -2.14. The van der Waals surface area contributed by atoms with Crippen LogP contribution in [-0.4, -0.2) is 34.8 Å². The summed E-state index contributed by atoms with van der Waals surface area (Å²) in [5, 5.41) is 4.19. The number of nitrogens with one attached hydrogen (secondary N) is 2. The topological polar surface area (TPSA) is 76.2 Å². The number of imidazole rings is 1. The Labute approximate surface area is 159 Å². The normalized spacial score (nSPS) is 13.4. The van der Waals surface area contributed by atoms with E-state index in [2.05, 4.69) is 15.3 Å². The molecule has 1 amide bonds. The molecule has 0 saturated heterocycles. The van der Waals surface area contributed by atoms with Gasteiger partial charge in [0, 0.05) is 23.2 Å². The van der Waals surface area contributed by atoms with Crippen molar-refractivity contribution < 1.29 is 14.3 Å². The number of ether oxygens (including phenoxy) is 2. The molecule has 0 bridgehead atoms. The van der Waals surface area contributed by atoms with Gasteiger partial charge in [-0.15, -0.1) is 0 Å². The van der Waals surface area contributed by atoms with Crippen molar-refractivity contribution in [2.75, 3.05) is 24.3 Å². The van der Waals surface area contributed by atoms with E-state index in [-0.39, 0.29) is 11.7 Å². The third-order valence-electron chi connectivity index (χ3n) is 3.79. The van der Waals surface area contributed by atoms with E-state index in [4.69, 9.17) is 21.1 Å². The van der Waals surface area contributed by atoms with Gasteiger partial charge in [-0.3, -0.25) is 4.79 Å². The van der Waals surface area contributed by atoms with Crippen LogP contribution in [0.1, 0.15) is 6.42 Å². The van der Waals surface area contributed by atoms with Crippen molar-refractivity contribution in [3.05, 3.63) is 41.4 Å². The fourth-order valence-corrected chi connectivity index (χ4v) is 3.46. The maximum atomic E-state index is 12.2. The first kappa shape index (κ1) is 17.1. The van der Waals surface area contributed by atoms with Crippen molar-refractivity contribution in [1.82, 2.24) is 9.97 Å². The number of thioether (sulfide) groups is 1. The van der Waals surface area contributed by atoms with Crippen molar-refractivity contribution >= 4 is 46.0 Å². The van der Waals surface area contributed by atoms with Gasteiger partial charge >= 0.3 is 0 Å². The lowest BCUT2D eigenvalue weighted by molar-refractivity contribution is -0.113. The van der Waals surface area contributed by atoms with Gasteiger partial charge in [0.2, 0.25) is 5.91 Å². The second-order valence-electron chi connectivity index (χ2n) is 5.75. The lowest BCUT2D eigenvalue weighted by atomic mass is 10.2. The molecule has 8 heteroatoms. The van der Waals surface area contributed by atoms with Crippen molar-refractivity contribution in [1.29, 1.82) is 0 Å². The number of rotatable bonds is 4. The molecule has 134 valence electrons. The molecule has 6 nitrogen and oxygen atoms in total. The van der Waals surface area contributed by atoms with Gasteiger partial charge in [0.05, 0.1) is 30.0 Å². The minimum Gasteiger partial charge on any atom is -0.490 e. The van der Waals surface area contributed by atoms with E-state index in [9.17, 15) is 4.79 Å². The molecule has 26 heavy (non-hydrogen) atoms. The zero-order chi connectivity index (χ0) is 17.9. The summed E-state index contributed by atoms with van der Waals surface area (Å²) < 4.78 is 11.2. The molecule has 2 aromatic carbocycles. The molecule has 0 aliphatic carbocycles. The van der Waals surface area contributed by atoms with Gasteiger partial charge in [0.15, 0.2) is 16.7 Å². The van der Waals surface area contributed by atoms with E-state index in [0.29, 0.717) is 40.6 Å². The van der Waals surface area contributed by atoms with Crippen LogP contribution in [0, 0.1) is 0 Å². The van der Waals surface area contributed by atoms with E-state index in [1.807, 2.05) is 18.2 Å². The number of nitrogens with zero attached hydrogens (tertiary/aromatic N) is 1. The summed E-state index contributed by atoms with van der Waals surface area (Å²) >= 11 is 7.30. The monoisotopic (exact) mass is 389 g/mol. The standard InChI is InChI=1S/C18H16ClN3O3S/c19-11-2-4-13-14(8-11)22-18(21-13)26-10-17(23)20-12-3-5-15-16(9-12)25-7-1-6-24-15/h2-5,8-9H,1,6-7,10H2,(H,20,23)(H,21,22). The Morgan fingerprint density at radius 1 is 1.19 bits per heavy atom. The summed E-state index contributed by atoms with van der Waals surface area (Å²) in [6.07, 6.45) is 0.843. The average molecular weight is 390 g/mol. The molecular weight excluding hydrogens is 374 g/mol. The highest BCUT2D eigenvalue weighted by Crippen LogP contribution is 2.32. The number of carbonyl (C=O) groups excluding carboxylic acids is 1. The Morgan fingerprint density at radius 3 is 2.92 bits per heavy atom. The number of carbonyl (C=O) groups is 1. The Kier molecular flexibility index (Phi) is 4.90.